The van der Waals surface area contributed by atoms with E-state index in [9.17, 15) is 4.79 Å². The highest BCUT2D eigenvalue weighted by atomic mass is 35.5. The minimum absolute atomic E-state index is 0.118. The molecule has 0 N–H and O–H groups in total. The van der Waals surface area contributed by atoms with Crippen LogP contribution >= 0.6 is 11.6 Å². The third-order valence-corrected chi connectivity index (χ3v) is 5.69. The average Bonchev–Trinajstić information content (AvgIpc) is 3.20. The van der Waals surface area contributed by atoms with Gasteiger partial charge in [-0.25, -0.2) is 4.98 Å². The molecule has 2 aromatic carbocycles. The van der Waals surface area contributed by atoms with Crippen molar-refractivity contribution in [2.24, 2.45) is 0 Å². The lowest BCUT2D eigenvalue weighted by molar-refractivity contribution is -0.132. The molecule has 3 aromatic rings. The number of aromatic nitrogens is 1. The van der Waals surface area contributed by atoms with Gasteiger partial charge < -0.3 is 9.32 Å². The van der Waals surface area contributed by atoms with Crippen LogP contribution in [-0.2, 0) is 17.6 Å². The van der Waals surface area contributed by atoms with Crippen LogP contribution in [0.1, 0.15) is 42.3 Å². The molecule has 5 heteroatoms. The fourth-order valence-corrected chi connectivity index (χ4v) is 3.99. The van der Waals surface area contributed by atoms with E-state index in [0.29, 0.717) is 29.5 Å². The summed E-state index contributed by atoms with van der Waals surface area (Å²) in [5.41, 5.74) is 3.56. The number of amides is 1. The molecule has 1 unspecified atom stereocenters. The van der Waals surface area contributed by atoms with E-state index in [4.69, 9.17) is 16.0 Å². The molecule has 1 amide bonds. The highest BCUT2D eigenvalue weighted by molar-refractivity contribution is 6.30. The number of fused-ring (bicyclic) bond motifs is 1. The number of hydrogen-bond donors (Lipinski definition) is 0. The normalized spacial score (nSPS) is 15.9. The summed E-state index contributed by atoms with van der Waals surface area (Å²) >= 11 is 5.93. The van der Waals surface area contributed by atoms with Crippen molar-refractivity contribution in [3.63, 3.8) is 0 Å². The van der Waals surface area contributed by atoms with Gasteiger partial charge >= 0.3 is 0 Å². The third-order valence-electron chi connectivity index (χ3n) is 5.43. The van der Waals surface area contributed by atoms with Gasteiger partial charge in [0.2, 0.25) is 5.91 Å². The van der Waals surface area contributed by atoms with Crippen molar-refractivity contribution in [3.8, 4) is 11.3 Å². The fourth-order valence-electron chi connectivity index (χ4n) is 3.87. The lowest BCUT2D eigenvalue weighted by atomic mass is 9.87. The maximum absolute atomic E-state index is 12.8. The highest BCUT2D eigenvalue weighted by Gasteiger charge is 2.26. The van der Waals surface area contributed by atoms with Crippen molar-refractivity contribution in [1.29, 1.82) is 0 Å². The number of hydrogen-bond acceptors (Lipinski definition) is 3. The van der Waals surface area contributed by atoms with Gasteiger partial charge in [-0.2, -0.15) is 0 Å². The first kappa shape index (κ1) is 18.8. The lowest BCUT2D eigenvalue weighted by Crippen LogP contribution is -2.33. The summed E-state index contributed by atoms with van der Waals surface area (Å²) in [4.78, 5) is 19.0. The smallest absolute Gasteiger partial charge is 0.223 e. The van der Waals surface area contributed by atoms with Crippen molar-refractivity contribution >= 4 is 17.5 Å². The van der Waals surface area contributed by atoms with Crippen LogP contribution in [0.3, 0.4) is 0 Å². The lowest BCUT2D eigenvalue weighted by Gasteiger charge is -2.33. The first-order valence-corrected chi connectivity index (χ1v) is 10.0. The monoisotopic (exact) mass is 394 g/mol. The van der Waals surface area contributed by atoms with Crippen LogP contribution in [0.4, 0.5) is 0 Å². The number of oxazole rings is 1. The largest absolute Gasteiger partial charge is 0.441 e. The number of rotatable bonds is 5. The predicted molar refractivity (Wildman–Crippen MR) is 110 cm³/mol. The van der Waals surface area contributed by atoms with Crippen LogP contribution in [0, 0.1) is 0 Å². The summed E-state index contributed by atoms with van der Waals surface area (Å²) in [5, 5.41) is 0.682. The minimum Gasteiger partial charge on any atom is -0.441 e. The number of carbonyl (C=O) groups is 1. The van der Waals surface area contributed by atoms with E-state index in [0.717, 1.165) is 24.8 Å². The molecule has 0 radical (unpaired) electrons. The highest BCUT2D eigenvalue weighted by Crippen LogP contribution is 2.33. The predicted octanol–water partition coefficient (Wildman–Crippen LogP) is 5.46. The van der Waals surface area contributed by atoms with Crippen LogP contribution in [-0.4, -0.2) is 22.8 Å². The Morgan fingerprint density at radius 3 is 2.82 bits per heavy atom. The Labute approximate surface area is 170 Å². The van der Waals surface area contributed by atoms with Crippen molar-refractivity contribution in [1.82, 2.24) is 9.88 Å². The van der Waals surface area contributed by atoms with Crippen LogP contribution < -0.4 is 0 Å². The summed E-state index contributed by atoms with van der Waals surface area (Å²) in [7, 11) is 1.91. The summed E-state index contributed by atoms with van der Waals surface area (Å²) in [6.45, 7) is 0. The van der Waals surface area contributed by atoms with Gasteiger partial charge in [0.05, 0.1) is 12.2 Å². The number of aryl methyl sites for hydroxylation is 2. The summed E-state index contributed by atoms with van der Waals surface area (Å²) < 4.78 is 5.82. The SMILES string of the molecule is CN(C(=O)CCc1ncc(-c2ccc(Cl)cc2)o1)C1CCCc2ccccc21. The third kappa shape index (κ3) is 3.97. The Bertz CT molecular complexity index is 965. The van der Waals surface area contributed by atoms with Gasteiger partial charge in [-0.3, -0.25) is 4.79 Å². The first-order chi connectivity index (χ1) is 13.6. The van der Waals surface area contributed by atoms with Crippen LogP contribution in [0.5, 0.6) is 0 Å². The van der Waals surface area contributed by atoms with Gasteiger partial charge in [-0.15, -0.1) is 0 Å². The summed E-state index contributed by atoms with van der Waals surface area (Å²) in [6.07, 6.45) is 5.80. The molecule has 0 saturated carbocycles. The molecule has 1 heterocycles. The number of halogens is 1. The molecule has 1 aromatic heterocycles. The molecule has 1 aliphatic rings. The molecule has 0 saturated heterocycles. The Balaban J connectivity index is 1.39. The molecule has 28 heavy (non-hydrogen) atoms. The van der Waals surface area contributed by atoms with Gasteiger partial charge in [-0.05, 0) is 54.7 Å². The van der Waals surface area contributed by atoms with Crippen LogP contribution in [0.15, 0.2) is 59.1 Å². The summed E-state index contributed by atoms with van der Waals surface area (Å²) in [6, 6.07) is 16.0. The van der Waals surface area contributed by atoms with E-state index in [1.54, 1.807) is 6.20 Å². The topological polar surface area (TPSA) is 46.3 Å². The van der Waals surface area contributed by atoms with Gasteiger partial charge in [-0.1, -0.05) is 35.9 Å². The van der Waals surface area contributed by atoms with E-state index >= 15 is 0 Å². The van der Waals surface area contributed by atoms with Crippen molar-refractivity contribution in [3.05, 3.63) is 76.8 Å². The zero-order chi connectivity index (χ0) is 19.5. The molecule has 0 spiro atoms. The Morgan fingerprint density at radius 1 is 1.21 bits per heavy atom. The minimum atomic E-state index is 0.118. The first-order valence-electron chi connectivity index (χ1n) is 9.66. The molecule has 0 aliphatic heterocycles. The van der Waals surface area contributed by atoms with E-state index in [2.05, 4.69) is 29.2 Å². The second-order valence-corrected chi connectivity index (χ2v) is 7.67. The van der Waals surface area contributed by atoms with Gasteiger partial charge in [0, 0.05) is 30.5 Å². The Kier molecular flexibility index (Phi) is 5.49. The second kappa shape index (κ2) is 8.19. The molecule has 0 bridgehead atoms. The van der Waals surface area contributed by atoms with E-state index in [1.807, 2.05) is 36.2 Å². The molecular weight excluding hydrogens is 372 g/mol. The van der Waals surface area contributed by atoms with E-state index in [1.165, 1.54) is 11.1 Å². The van der Waals surface area contributed by atoms with E-state index in [-0.39, 0.29) is 11.9 Å². The number of benzene rings is 2. The Hall–Kier alpha value is -2.59. The molecule has 0 fully saturated rings. The maximum Gasteiger partial charge on any atom is 0.223 e. The van der Waals surface area contributed by atoms with Crippen LogP contribution in [0.2, 0.25) is 5.02 Å². The molecule has 1 aliphatic carbocycles. The van der Waals surface area contributed by atoms with E-state index < -0.39 is 0 Å². The fraction of sp³-hybridized carbons (Fsp3) is 0.304. The summed E-state index contributed by atoms with van der Waals surface area (Å²) in [5.74, 6) is 1.39. The van der Waals surface area contributed by atoms with Gasteiger partial charge in [0.1, 0.15) is 0 Å². The molecule has 4 nitrogen and oxygen atoms in total. The molecule has 4 rings (SSSR count). The van der Waals surface area contributed by atoms with Crippen LogP contribution in [0.25, 0.3) is 11.3 Å². The van der Waals surface area contributed by atoms with Crippen molar-refractivity contribution < 1.29 is 9.21 Å². The molecular formula is C23H23ClN2O2. The maximum atomic E-state index is 12.8. The van der Waals surface area contributed by atoms with Gasteiger partial charge in [0.25, 0.3) is 0 Å². The molecule has 144 valence electrons. The zero-order valence-electron chi connectivity index (χ0n) is 15.9. The molecule has 1 atom stereocenters. The van der Waals surface area contributed by atoms with Gasteiger partial charge in [0.15, 0.2) is 11.7 Å². The van der Waals surface area contributed by atoms with Crippen molar-refractivity contribution in [2.45, 2.75) is 38.1 Å². The Morgan fingerprint density at radius 2 is 2.00 bits per heavy atom. The standard InChI is InChI=1S/C23H23ClN2O2/c1-26(20-8-4-6-16-5-2-3-7-19(16)20)23(27)14-13-22-25-15-21(28-22)17-9-11-18(24)12-10-17/h2-3,5,7,9-12,15,20H,4,6,8,13-14H2,1H3. The number of nitrogens with zero attached hydrogens (tertiary/aromatic N) is 2. The quantitative estimate of drug-likeness (QED) is 0.577. The number of carbonyl (C=O) groups excluding carboxylic acids is 1. The second-order valence-electron chi connectivity index (χ2n) is 7.24. The zero-order valence-corrected chi connectivity index (χ0v) is 16.7. The average molecular weight is 395 g/mol. The van der Waals surface area contributed by atoms with Crippen molar-refractivity contribution in [2.75, 3.05) is 7.05 Å².